The van der Waals surface area contributed by atoms with Gasteiger partial charge in [-0.05, 0) is 18.8 Å². The van der Waals surface area contributed by atoms with Gasteiger partial charge in [0.2, 0.25) is 5.95 Å². The molecule has 2 rings (SSSR count). The van der Waals surface area contributed by atoms with Crippen molar-refractivity contribution in [3.8, 4) is 0 Å². The lowest BCUT2D eigenvalue weighted by molar-refractivity contribution is 0.552. The van der Waals surface area contributed by atoms with Crippen molar-refractivity contribution < 1.29 is 4.39 Å². The Bertz CT molecular complexity index is 285. The van der Waals surface area contributed by atoms with E-state index in [-0.39, 0.29) is 5.95 Å². The average molecular weight is 152 g/mol. The van der Waals surface area contributed by atoms with Gasteiger partial charge in [0.15, 0.2) is 0 Å². The largest absolute Gasteiger partial charge is 0.241 e. The minimum atomic E-state index is -0.333. The van der Waals surface area contributed by atoms with Crippen LogP contribution in [0.15, 0.2) is 6.33 Å². The molecule has 0 amide bonds. The molecule has 1 unspecified atom stereocenters. The van der Waals surface area contributed by atoms with Crippen LogP contribution in [0.25, 0.3) is 0 Å². The SMILES string of the molecule is CC1CCc2ncnc(F)c21. The Morgan fingerprint density at radius 1 is 1.55 bits per heavy atom. The predicted octanol–water partition coefficient (Wildman–Crippen LogP) is 1.67. The van der Waals surface area contributed by atoms with Gasteiger partial charge >= 0.3 is 0 Å². The molecule has 0 saturated carbocycles. The van der Waals surface area contributed by atoms with Crippen LogP contribution >= 0.6 is 0 Å². The summed E-state index contributed by atoms with van der Waals surface area (Å²) in [4.78, 5) is 7.54. The molecule has 11 heavy (non-hydrogen) atoms. The molecule has 1 aromatic heterocycles. The standard InChI is InChI=1S/C8H9FN2/c1-5-2-3-6-7(5)8(9)11-4-10-6/h4-5H,2-3H2,1H3. The Kier molecular flexibility index (Phi) is 1.37. The van der Waals surface area contributed by atoms with E-state index in [1.54, 1.807) is 0 Å². The van der Waals surface area contributed by atoms with E-state index < -0.39 is 0 Å². The van der Waals surface area contributed by atoms with Crippen molar-refractivity contribution in [3.63, 3.8) is 0 Å². The van der Waals surface area contributed by atoms with Crippen molar-refractivity contribution in [3.05, 3.63) is 23.5 Å². The molecule has 0 aliphatic heterocycles. The topological polar surface area (TPSA) is 25.8 Å². The fourth-order valence-electron chi connectivity index (χ4n) is 1.59. The second-order valence-corrected chi connectivity index (χ2v) is 2.96. The maximum Gasteiger partial charge on any atom is 0.219 e. The summed E-state index contributed by atoms with van der Waals surface area (Å²) >= 11 is 0. The molecule has 0 fully saturated rings. The van der Waals surface area contributed by atoms with Crippen LogP contribution in [-0.4, -0.2) is 9.97 Å². The molecule has 3 heteroatoms. The fourth-order valence-corrected chi connectivity index (χ4v) is 1.59. The lowest BCUT2D eigenvalue weighted by Gasteiger charge is -2.02. The first-order valence-corrected chi connectivity index (χ1v) is 3.78. The van der Waals surface area contributed by atoms with E-state index in [9.17, 15) is 4.39 Å². The van der Waals surface area contributed by atoms with Crippen LogP contribution in [0.2, 0.25) is 0 Å². The number of rotatable bonds is 0. The van der Waals surface area contributed by atoms with E-state index >= 15 is 0 Å². The number of halogens is 1. The van der Waals surface area contributed by atoms with Crippen molar-refractivity contribution in [1.29, 1.82) is 0 Å². The normalized spacial score (nSPS) is 21.8. The monoisotopic (exact) mass is 152 g/mol. The van der Waals surface area contributed by atoms with Crippen LogP contribution in [-0.2, 0) is 6.42 Å². The smallest absolute Gasteiger partial charge is 0.219 e. The molecule has 0 bridgehead atoms. The van der Waals surface area contributed by atoms with Crippen LogP contribution in [0.1, 0.15) is 30.5 Å². The third-order valence-electron chi connectivity index (χ3n) is 2.22. The number of aromatic nitrogens is 2. The summed E-state index contributed by atoms with van der Waals surface area (Å²) < 4.78 is 13.0. The molecule has 0 saturated heterocycles. The zero-order chi connectivity index (χ0) is 7.84. The van der Waals surface area contributed by atoms with Gasteiger partial charge in [0, 0.05) is 5.56 Å². The first kappa shape index (κ1) is 6.70. The van der Waals surface area contributed by atoms with Crippen LogP contribution in [0, 0.1) is 5.95 Å². The van der Waals surface area contributed by atoms with Crippen LogP contribution in [0.4, 0.5) is 4.39 Å². The summed E-state index contributed by atoms with van der Waals surface area (Å²) in [7, 11) is 0. The van der Waals surface area contributed by atoms with E-state index in [1.807, 2.05) is 6.92 Å². The Hall–Kier alpha value is -0.990. The van der Waals surface area contributed by atoms with Crippen LogP contribution < -0.4 is 0 Å². The zero-order valence-electron chi connectivity index (χ0n) is 6.34. The molecule has 2 nitrogen and oxygen atoms in total. The lowest BCUT2D eigenvalue weighted by Crippen LogP contribution is -1.97. The Morgan fingerprint density at radius 3 is 3.09 bits per heavy atom. The molecule has 1 heterocycles. The molecular formula is C8H9FN2. The first-order chi connectivity index (χ1) is 5.29. The zero-order valence-corrected chi connectivity index (χ0v) is 6.34. The van der Waals surface area contributed by atoms with Crippen LogP contribution in [0.3, 0.4) is 0 Å². The number of hydrogen-bond donors (Lipinski definition) is 0. The van der Waals surface area contributed by atoms with E-state index in [0.29, 0.717) is 5.92 Å². The predicted molar refractivity (Wildman–Crippen MR) is 38.7 cm³/mol. The molecule has 0 N–H and O–H groups in total. The first-order valence-electron chi connectivity index (χ1n) is 3.78. The second kappa shape index (κ2) is 2.26. The maximum absolute atomic E-state index is 13.0. The second-order valence-electron chi connectivity index (χ2n) is 2.96. The average Bonchev–Trinajstić information content (AvgIpc) is 2.34. The molecule has 58 valence electrons. The number of nitrogens with zero attached hydrogens (tertiary/aromatic N) is 2. The van der Waals surface area contributed by atoms with Gasteiger partial charge in [0.1, 0.15) is 6.33 Å². The summed E-state index contributed by atoms with van der Waals surface area (Å²) in [5.41, 5.74) is 1.62. The highest BCUT2D eigenvalue weighted by atomic mass is 19.1. The van der Waals surface area contributed by atoms with Crippen molar-refractivity contribution in [2.75, 3.05) is 0 Å². The Balaban J connectivity index is 2.58. The highest BCUT2D eigenvalue weighted by molar-refractivity contribution is 5.26. The third kappa shape index (κ3) is 0.914. The maximum atomic E-state index is 13.0. The lowest BCUT2D eigenvalue weighted by atomic mass is 10.1. The van der Waals surface area contributed by atoms with Gasteiger partial charge in [-0.1, -0.05) is 6.92 Å². The molecule has 1 aliphatic rings. The molecular weight excluding hydrogens is 143 g/mol. The van der Waals surface area contributed by atoms with Gasteiger partial charge in [-0.25, -0.2) is 9.97 Å². The van der Waals surface area contributed by atoms with E-state index in [4.69, 9.17) is 0 Å². The van der Waals surface area contributed by atoms with Crippen molar-refractivity contribution in [1.82, 2.24) is 9.97 Å². The van der Waals surface area contributed by atoms with Crippen LogP contribution in [0.5, 0.6) is 0 Å². The molecule has 0 spiro atoms. The number of fused-ring (bicyclic) bond motifs is 1. The molecule has 1 aliphatic carbocycles. The summed E-state index contributed by atoms with van der Waals surface area (Å²) in [6.45, 7) is 2.01. The number of hydrogen-bond acceptors (Lipinski definition) is 2. The van der Waals surface area contributed by atoms with Crippen molar-refractivity contribution in [2.45, 2.75) is 25.7 Å². The third-order valence-corrected chi connectivity index (χ3v) is 2.22. The number of aryl methyl sites for hydroxylation is 1. The Morgan fingerprint density at radius 2 is 2.36 bits per heavy atom. The Labute approximate surface area is 64.5 Å². The van der Waals surface area contributed by atoms with Crippen molar-refractivity contribution >= 4 is 0 Å². The van der Waals surface area contributed by atoms with Gasteiger partial charge in [0.05, 0.1) is 5.69 Å². The minimum absolute atomic E-state index is 0.297. The summed E-state index contributed by atoms with van der Waals surface area (Å²) in [6, 6.07) is 0. The van der Waals surface area contributed by atoms with Gasteiger partial charge < -0.3 is 0 Å². The summed E-state index contributed by atoms with van der Waals surface area (Å²) in [5.74, 6) is -0.0359. The molecule has 0 radical (unpaired) electrons. The van der Waals surface area contributed by atoms with Gasteiger partial charge in [-0.3, -0.25) is 0 Å². The molecule has 1 atom stereocenters. The fraction of sp³-hybridized carbons (Fsp3) is 0.500. The van der Waals surface area contributed by atoms with Gasteiger partial charge in [0.25, 0.3) is 0 Å². The highest BCUT2D eigenvalue weighted by Gasteiger charge is 2.23. The summed E-state index contributed by atoms with van der Waals surface area (Å²) in [6.07, 6.45) is 3.20. The highest BCUT2D eigenvalue weighted by Crippen LogP contribution is 2.31. The van der Waals surface area contributed by atoms with E-state index in [0.717, 1.165) is 24.1 Å². The van der Waals surface area contributed by atoms with Gasteiger partial charge in [-0.2, -0.15) is 4.39 Å². The quantitative estimate of drug-likeness (QED) is 0.528. The molecule has 1 aromatic rings. The minimum Gasteiger partial charge on any atom is -0.241 e. The van der Waals surface area contributed by atoms with Gasteiger partial charge in [-0.15, -0.1) is 0 Å². The summed E-state index contributed by atoms with van der Waals surface area (Å²) in [5, 5.41) is 0. The van der Waals surface area contributed by atoms with E-state index in [2.05, 4.69) is 9.97 Å². The van der Waals surface area contributed by atoms with Crippen molar-refractivity contribution in [2.24, 2.45) is 0 Å². The van der Waals surface area contributed by atoms with E-state index in [1.165, 1.54) is 6.33 Å². The molecule has 0 aromatic carbocycles.